The lowest BCUT2D eigenvalue weighted by Gasteiger charge is -2.29. The number of halogens is 3. The van der Waals surface area contributed by atoms with E-state index < -0.39 is 11.6 Å². The summed E-state index contributed by atoms with van der Waals surface area (Å²) in [6, 6.07) is 10.1. The van der Waals surface area contributed by atoms with Crippen LogP contribution >= 0.6 is 11.8 Å². The molecule has 1 saturated heterocycles. The molecule has 2 aromatic rings. The van der Waals surface area contributed by atoms with E-state index in [1.165, 1.54) is 18.2 Å². The molecule has 1 aliphatic rings. The molecule has 2 aromatic carbocycles. The first-order valence-corrected chi connectivity index (χ1v) is 10.7. The van der Waals surface area contributed by atoms with Gasteiger partial charge in [-0.15, -0.1) is 11.8 Å². The molecule has 1 heterocycles. The predicted octanol–water partition coefficient (Wildman–Crippen LogP) is 4.84. The molecule has 1 amide bonds. The van der Waals surface area contributed by atoms with Gasteiger partial charge in [0.05, 0.1) is 6.54 Å². The van der Waals surface area contributed by atoms with E-state index >= 15 is 0 Å². The number of carbonyl (C=O) groups is 1. The summed E-state index contributed by atoms with van der Waals surface area (Å²) < 4.78 is 40.0. The molecule has 0 bridgehead atoms. The van der Waals surface area contributed by atoms with Crippen LogP contribution in [0.25, 0.3) is 0 Å². The standard InChI is InChI=1S/C22H25F3N2OS/c1-15(2)12-26(13-16-3-8-19(24)20(25)11-16)14-21(28)27-9-10-29-22(27)17-4-6-18(23)7-5-17/h3-8,11,15,22H,9-10,12-14H2,1-2H3/t22-/m0/s1. The molecule has 0 aliphatic carbocycles. The molecule has 0 aromatic heterocycles. The molecule has 1 fully saturated rings. The molecule has 0 spiro atoms. The molecule has 29 heavy (non-hydrogen) atoms. The summed E-state index contributed by atoms with van der Waals surface area (Å²) in [5, 5.41) is -0.132. The lowest BCUT2D eigenvalue weighted by atomic mass is 10.1. The van der Waals surface area contributed by atoms with Gasteiger partial charge >= 0.3 is 0 Å². The number of hydrogen-bond acceptors (Lipinski definition) is 3. The van der Waals surface area contributed by atoms with E-state index in [2.05, 4.69) is 13.8 Å². The maximum absolute atomic E-state index is 13.6. The minimum Gasteiger partial charge on any atom is -0.325 e. The van der Waals surface area contributed by atoms with Crippen molar-refractivity contribution in [3.8, 4) is 0 Å². The van der Waals surface area contributed by atoms with Gasteiger partial charge in [0.15, 0.2) is 11.6 Å². The molecular formula is C22H25F3N2OS. The second-order valence-corrected chi connectivity index (χ2v) is 8.86. The summed E-state index contributed by atoms with van der Waals surface area (Å²) in [7, 11) is 0. The van der Waals surface area contributed by atoms with Gasteiger partial charge in [0.25, 0.3) is 0 Å². The van der Waals surface area contributed by atoms with Crippen molar-refractivity contribution in [1.29, 1.82) is 0 Å². The van der Waals surface area contributed by atoms with Crippen molar-refractivity contribution in [2.24, 2.45) is 5.92 Å². The normalized spacial score (nSPS) is 16.8. The lowest BCUT2D eigenvalue weighted by Crippen LogP contribution is -2.41. The van der Waals surface area contributed by atoms with Gasteiger partial charge in [-0.1, -0.05) is 32.0 Å². The quantitative estimate of drug-likeness (QED) is 0.638. The Bertz CT molecular complexity index is 844. The third-order valence-corrected chi connectivity index (χ3v) is 6.00. The Kier molecular flexibility index (Phi) is 7.24. The minimum absolute atomic E-state index is 0.0208. The van der Waals surface area contributed by atoms with Crippen molar-refractivity contribution >= 4 is 17.7 Å². The molecule has 0 N–H and O–H groups in total. The lowest BCUT2D eigenvalue weighted by molar-refractivity contribution is -0.132. The maximum atomic E-state index is 13.6. The third kappa shape index (κ3) is 5.76. The van der Waals surface area contributed by atoms with Crippen LogP contribution in [0.15, 0.2) is 42.5 Å². The molecule has 7 heteroatoms. The summed E-state index contributed by atoms with van der Waals surface area (Å²) in [5.41, 5.74) is 1.53. The van der Waals surface area contributed by atoms with Crippen molar-refractivity contribution in [1.82, 2.24) is 9.80 Å². The van der Waals surface area contributed by atoms with Gasteiger partial charge in [0, 0.05) is 25.4 Å². The maximum Gasteiger partial charge on any atom is 0.237 e. The van der Waals surface area contributed by atoms with Crippen LogP contribution in [0.3, 0.4) is 0 Å². The van der Waals surface area contributed by atoms with E-state index in [1.807, 2.05) is 9.80 Å². The van der Waals surface area contributed by atoms with Crippen LogP contribution in [0.2, 0.25) is 0 Å². The van der Waals surface area contributed by atoms with E-state index in [9.17, 15) is 18.0 Å². The van der Waals surface area contributed by atoms with Crippen LogP contribution in [0.1, 0.15) is 30.3 Å². The van der Waals surface area contributed by atoms with Crippen molar-refractivity contribution in [2.75, 3.05) is 25.4 Å². The Morgan fingerprint density at radius 3 is 2.52 bits per heavy atom. The van der Waals surface area contributed by atoms with E-state index in [0.717, 1.165) is 17.4 Å². The molecule has 0 unspecified atom stereocenters. The first-order valence-electron chi connectivity index (χ1n) is 9.66. The van der Waals surface area contributed by atoms with Gasteiger partial charge in [0.2, 0.25) is 5.91 Å². The van der Waals surface area contributed by atoms with Crippen molar-refractivity contribution in [3.05, 3.63) is 71.0 Å². The predicted molar refractivity (Wildman–Crippen MR) is 110 cm³/mol. The zero-order valence-corrected chi connectivity index (χ0v) is 17.4. The van der Waals surface area contributed by atoms with Crippen molar-refractivity contribution in [3.63, 3.8) is 0 Å². The molecule has 156 valence electrons. The molecule has 1 atom stereocenters. The van der Waals surface area contributed by atoms with E-state index in [-0.39, 0.29) is 23.6 Å². The minimum atomic E-state index is -0.884. The topological polar surface area (TPSA) is 23.6 Å². The first-order chi connectivity index (χ1) is 13.8. The second-order valence-electron chi connectivity index (χ2n) is 7.67. The second kappa shape index (κ2) is 9.67. The summed E-state index contributed by atoms with van der Waals surface area (Å²) in [6.45, 7) is 5.95. The average Bonchev–Trinajstić information content (AvgIpc) is 3.15. The van der Waals surface area contributed by atoms with Gasteiger partial charge in [0.1, 0.15) is 11.2 Å². The van der Waals surface area contributed by atoms with Gasteiger partial charge in [-0.05, 0) is 41.3 Å². The molecule has 0 saturated carbocycles. The fourth-order valence-corrected chi connectivity index (χ4v) is 4.79. The van der Waals surface area contributed by atoms with Gasteiger partial charge in [-0.25, -0.2) is 13.2 Å². The molecule has 0 radical (unpaired) electrons. The number of rotatable bonds is 7. The highest BCUT2D eigenvalue weighted by Crippen LogP contribution is 2.38. The van der Waals surface area contributed by atoms with Gasteiger partial charge in [-0.2, -0.15) is 0 Å². The first kappa shape index (κ1) is 21.7. The number of hydrogen-bond donors (Lipinski definition) is 0. The summed E-state index contributed by atoms with van der Waals surface area (Å²) >= 11 is 1.66. The Hall–Kier alpha value is -1.99. The van der Waals surface area contributed by atoms with E-state index in [1.54, 1.807) is 30.0 Å². The van der Waals surface area contributed by atoms with Crippen LogP contribution in [-0.4, -0.2) is 41.1 Å². The fourth-order valence-electron chi connectivity index (χ4n) is 3.51. The average molecular weight is 423 g/mol. The van der Waals surface area contributed by atoms with Crippen LogP contribution in [0, 0.1) is 23.4 Å². The highest BCUT2D eigenvalue weighted by atomic mass is 32.2. The summed E-state index contributed by atoms with van der Waals surface area (Å²) in [6.07, 6.45) is 0. The fraction of sp³-hybridized carbons (Fsp3) is 0.409. The molecular weight excluding hydrogens is 397 g/mol. The monoisotopic (exact) mass is 422 g/mol. The third-order valence-electron chi connectivity index (χ3n) is 4.74. The number of benzene rings is 2. The highest BCUT2D eigenvalue weighted by molar-refractivity contribution is 7.99. The van der Waals surface area contributed by atoms with E-state index in [4.69, 9.17) is 0 Å². The Labute approximate surface area is 173 Å². The highest BCUT2D eigenvalue weighted by Gasteiger charge is 2.31. The molecule has 3 rings (SSSR count). The summed E-state index contributed by atoms with van der Waals surface area (Å²) in [4.78, 5) is 16.8. The van der Waals surface area contributed by atoms with Crippen LogP contribution in [0.5, 0.6) is 0 Å². The SMILES string of the molecule is CC(C)CN(CC(=O)N1CCS[C@H]1c1ccc(F)cc1)Cc1ccc(F)c(F)c1. The zero-order chi connectivity index (χ0) is 21.0. The van der Waals surface area contributed by atoms with Gasteiger partial charge in [-0.3, -0.25) is 9.69 Å². The van der Waals surface area contributed by atoms with E-state index in [0.29, 0.717) is 31.1 Å². The largest absolute Gasteiger partial charge is 0.325 e. The molecule has 3 nitrogen and oxygen atoms in total. The number of thioether (sulfide) groups is 1. The number of carbonyl (C=O) groups excluding carboxylic acids is 1. The zero-order valence-electron chi connectivity index (χ0n) is 16.6. The van der Waals surface area contributed by atoms with Gasteiger partial charge < -0.3 is 4.90 Å². The van der Waals surface area contributed by atoms with Crippen LogP contribution in [0.4, 0.5) is 13.2 Å². The van der Waals surface area contributed by atoms with Crippen LogP contribution < -0.4 is 0 Å². The number of nitrogens with zero attached hydrogens (tertiary/aromatic N) is 2. The Morgan fingerprint density at radius 1 is 1.14 bits per heavy atom. The number of amides is 1. The molecule has 1 aliphatic heterocycles. The van der Waals surface area contributed by atoms with Crippen LogP contribution in [-0.2, 0) is 11.3 Å². The van der Waals surface area contributed by atoms with Crippen molar-refractivity contribution < 1.29 is 18.0 Å². The Morgan fingerprint density at radius 2 is 1.86 bits per heavy atom. The van der Waals surface area contributed by atoms with Crippen molar-refractivity contribution in [2.45, 2.75) is 25.8 Å². The Balaban J connectivity index is 1.71. The smallest absolute Gasteiger partial charge is 0.237 e. The summed E-state index contributed by atoms with van der Waals surface area (Å²) in [5.74, 6) is -0.950.